The predicted octanol–water partition coefficient (Wildman–Crippen LogP) is 4.51. The van der Waals surface area contributed by atoms with Gasteiger partial charge in [0.15, 0.2) is 5.82 Å². The number of pyridine rings is 1. The largest absolute Gasteiger partial charge is 0.433 e. The number of alkyl halides is 3. The molecular formula is C19H16F3N5O. The van der Waals surface area contributed by atoms with Gasteiger partial charge < -0.3 is 9.84 Å². The van der Waals surface area contributed by atoms with E-state index in [1.165, 1.54) is 0 Å². The number of hydrogen-bond acceptors (Lipinski definition) is 6. The third-order valence-corrected chi connectivity index (χ3v) is 3.93. The predicted molar refractivity (Wildman–Crippen MR) is 94.2 cm³/mol. The molecule has 2 heterocycles. The van der Waals surface area contributed by atoms with Crippen LogP contribution in [0.2, 0.25) is 0 Å². The number of nitrogens with one attached hydrogen (secondary N) is 1. The minimum atomic E-state index is -4.63. The van der Waals surface area contributed by atoms with Crippen molar-refractivity contribution < 1.29 is 17.7 Å². The number of halogens is 3. The Morgan fingerprint density at radius 3 is 2.54 bits per heavy atom. The molecule has 0 saturated heterocycles. The summed E-state index contributed by atoms with van der Waals surface area (Å²) in [5.41, 5.74) is -0.429. The van der Waals surface area contributed by atoms with Crippen LogP contribution in [-0.4, -0.2) is 15.1 Å². The van der Waals surface area contributed by atoms with Crippen LogP contribution in [0, 0.1) is 11.3 Å². The fourth-order valence-electron chi connectivity index (χ4n) is 2.60. The number of nitriles is 1. The van der Waals surface area contributed by atoms with Gasteiger partial charge >= 0.3 is 6.18 Å². The van der Waals surface area contributed by atoms with Crippen LogP contribution in [0.4, 0.5) is 19.0 Å². The lowest BCUT2D eigenvalue weighted by Gasteiger charge is -2.18. The van der Waals surface area contributed by atoms with Gasteiger partial charge in [0, 0.05) is 6.42 Å². The maximum Gasteiger partial charge on any atom is 0.433 e. The monoisotopic (exact) mass is 387 g/mol. The molecule has 0 spiro atoms. The molecule has 1 unspecified atom stereocenters. The van der Waals surface area contributed by atoms with Crippen molar-refractivity contribution in [3.8, 4) is 6.07 Å². The van der Waals surface area contributed by atoms with E-state index in [0.29, 0.717) is 17.9 Å². The van der Waals surface area contributed by atoms with Crippen LogP contribution in [0.25, 0.3) is 0 Å². The van der Waals surface area contributed by atoms with Crippen LogP contribution < -0.4 is 5.32 Å². The Bertz CT molecular complexity index is 979. The Labute approximate surface area is 159 Å². The van der Waals surface area contributed by atoms with Gasteiger partial charge in [-0.2, -0.15) is 23.4 Å². The topological polar surface area (TPSA) is 87.6 Å². The second-order valence-electron chi connectivity index (χ2n) is 5.99. The second-order valence-corrected chi connectivity index (χ2v) is 5.99. The van der Waals surface area contributed by atoms with Gasteiger partial charge in [-0.05, 0) is 24.1 Å². The van der Waals surface area contributed by atoms with Crippen molar-refractivity contribution in [3.05, 3.63) is 71.0 Å². The molecule has 6 nitrogen and oxygen atoms in total. The quantitative estimate of drug-likeness (QED) is 0.670. The Morgan fingerprint density at radius 1 is 1.14 bits per heavy atom. The molecule has 9 heteroatoms. The fourth-order valence-corrected chi connectivity index (χ4v) is 2.60. The Balaban J connectivity index is 2.04. The van der Waals surface area contributed by atoms with Gasteiger partial charge in [0.25, 0.3) is 0 Å². The van der Waals surface area contributed by atoms with Crippen LogP contribution in [-0.2, 0) is 12.6 Å². The van der Waals surface area contributed by atoms with E-state index < -0.39 is 17.9 Å². The van der Waals surface area contributed by atoms with E-state index in [1.54, 1.807) is 24.3 Å². The second kappa shape index (κ2) is 8.08. The average molecular weight is 387 g/mol. The zero-order valence-electron chi connectivity index (χ0n) is 14.9. The van der Waals surface area contributed by atoms with Crippen LogP contribution >= 0.6 is 0 Å². The first-order valence-electron chi connectivity index (χ1n) is 8.54. The van der Waals surface area contributed by atoms with E-state index in [0.717, 1.165) is 18.6 Å². The fraction of sp³-hybridized carbons (Fsp3) is 0.263. The number of aromatic nitrogens is 3. The van der Waals surface area contributed by atoms with E-state index in [4.69, 9.17) is 4.52 Å². The van der Waals surface area contributed by atoms with E-state index in [9.17, 15) is 18.4 Å². The van der Waals surface area contributed by atoms with Gasteiger partial charge in [0.2, 0.25) is 5.89 Å². The first-order chi connectivity index (χ1) is 13.4. The molecule has 1 N–H and O–H groups in total. The molecule has 0 bridgehead atoms. The zero-order valence-corrected chi connectivity index (χ0v) is 14.9. The summed E-state index contributed by atoms with van der Waals surface area (Å²) in [6.07, 6.45) is -3.24. The molecule has 3 aromatic rings. The molecule has 28 heavy (non-hydrogen) atoms. The standard InChI is InChI=1S/C19H16F3N5O/c1-2-6-15-25-18(27-28-15)16(12-7-4-3-5-8-12)26-17-13(11-23)9-10-14(24-17)19(20,21)22/h3-5,7-10,16H,2,6H2,1H3,(H,24,26). The van der Waals surface area contributed by atoms with Crippen molar-refractivity contribution in [1.29, 1.82) is 5.26 Å². The molecule has 1 aromatic carbocycles. The summed E-state index contributed by atoms with van der Waals surface area (Å²) in [7, 11) is 0. The lowest BCUT2D eigenvalue weighted by Crippen LogP contribution is -2.18. The summed E-state index contributed by atoms with van der Waals surface area (Å²) in [5, 5.41) is 16.1. The normalized spacial score (nSPS) is 12.4. The van der Waals surface area contributed by atoms with Gasteiger partial charge in [0.05, 0.1) is 5.56 Å². The molecule has 0 aliphatic heterocycles. The van der Waals surface area contributed by atoms with Crippen molar-refractivity contribution >= 4 is 5.82 Å². The molecule has 0 radical (unpaired) electrons. The van der Waals surface area contributed by atoms with Crippen LogP contribution in [0.1, 0.15) is 47.9 Å². The zero-order chi connectivity index (χ0) is 20.1. The summed E-state index contributed by atoms with van der Waals surface area (Å²) in [4.78, 5) is 7.93. The first kappa shape index (κ1) is 19.4. The molecule has 3 rings (SSSR count). The number of rotatable bonds is 6. The molecule has 144 valence electrons. The number of benzene rings is 1. The molecule has 0 saturated carbocycles. The van der Waals surface area contributed by atoms with Crippen molar-refractivity contribution in [2.45, 2.75) is 32.0 Å². The average Bonchev–Trinajstić information content (AvgIpc) is 3.14. The van der Waals surface area contributed by atoms with Gasteiger partial charge in [-0.15, -0.1) is 0 Å². The Hall–Kier alpha value is -3.41. The van der Waals surface area contributed by atoms with Gasteiger partial charge in [-0.3, -0.25) is 0 Å². The van der Waals surface area contributed by atoms with Crippen LogP contribution in [0.3, 0.4) is 0 Å². The number of hydrogen-bond donors (Lipinski definition) is 1. The van der Waals surface area contributed by atoms with E-state index in [2.05, 4.69) is 20.4 Å². The summed E-state index contributed by atoms with van der Waals surface area (Å²) in [6, 6.07) is 11.9. The molecule has 0 amide bonds. The lowest BCUT2D eigenvalue weighted by atomic mass is 10.1. The Morgan fingerprint density at radius 2 is 1.89 bits per heavy atom. The summed E-state index contributed by atoms with van der Waals surface area (Å²) >= 11 is 0. The van der Waals surface area contributed by atoms with Crippen molar-refractivity contribution in [3.63, 3.8) is 0 Å². The molecular weight excluding hydrogens is 371 g/mol. The number of aryl methyl sites for hydroxylation is 1. The minimum Gasteiger partial charge on any atom is -0.355 e. The SMILES string of the molecule is CCCc1nc(C(Nc2nc(C(F)(F)F)ccc2C#N)c2ccccc2)no1. The van der Waals surface area contributed by atoms with E-state index in [1.807, 2.05) is 19.1 Å². The van der Waals surface area contributed by atoms with Gasteiger partial charge in [0.1, 0.15) is 23.6 Å². The highest BCUT2D eigenvalue weighted by Gasteiger charge is 2.33. The van der Waals surface area contributed by atoms with Crippen molar-refractivity contribution in [2.75, 3.05) is 5.32 Å². The molecule has 0 fully saturated rings. The first-order valence-corrected chi connectivity index (χ1v) is 8.54. The number of nitrogens with zero attached hydrogens (tertiary/aromatic N) is 4. The third kappa shape index (κ3) is 4.28. The van der Waals surface area contributed by atoms with Crippen LogP contribution in [0.15, 0.2) is 47.0 Å². The highest BCUT2D eigenvalue weighted by Crippen LogP contribution is 2.31. The van der Waals surface area contributed by atoms with Crippen molar-refractivity contribution in [1.82, 2.24) is 15.1 Å². The maximum atomic E-state index is 13.1. The number of anilines is 1. The molecule has 0 aliphatic rings. The van der Waals surface area contributed by atoms with Crippen LogP contribution in [0.5, 0.6) is 0 Å². The van der Waals surface area contributed by atoms with Gasteiger partial charge in [-0.1, -0.05) is 42.4 Å². The molecule has 0 aliphatic carbocycles. The lowest BCUT2D eigenvalue weighted by molar-refractivity contribution is -0.141. The minimum absolute atomic E-state index is 0.0220. The molecule has 2 aromatic heterocycles. The van der Waals surface area contributed by atoms with Gasteiger partial charge in [-0.25, -0.2) is 4.98 Å². The summed E-state index contributed by atoms with van der Waals surface area (Å²) in [6.45, 7) is 1.96. The third-order valence-electron chi connectivity index (χ3n) is 3.93. The van der Waals surface area contributed by atoms with E-state index >= 15 is 0 Å². The Kier molecular flexibility index (Phi) is 5.59. The molecule has 1 atom stereocenters. The maximum absolute atomic E-state index is 13.1. The summed E-state index contributed by atoms with van der Waals surface area (Å²) < 4.78 is 44.4. The van der Waals surface area contributed by atoms with Crippen molar-refractivity contribution in [2.24, 2.45) is 0 Å². The highest BCUT2D eigenvalue weighted by molar-refractivity contribution is 5.54. The summed E-state index contributed by atoms with van der Waals surface area (Å²) in [5.74, 6) is 0.475. The van der Waals surface area contributed by atoms with E-state index in [-0.39, 0.29) is 17.2 Å². The smallest absolute Gasteiger partial charge is 0.355 e. The highest BCUT2D eigenvalue weighted by atomic mass is 19.4.